The van der Waals surface area contributed by atoms with Crippen molar-refractivity contribution in [1.82, 2.24) is 0 Å². The van der Waals surface area contributed by atoms with E-state index < -0.39 is 69.8 Å². The zero-order chi connectivity index (χ0) is 29.8. The Bertz CT molecular complexity index is 1050. The van der Waals surface area contributed by atoms with Crippen LogP contribution in [0.3, 0.4) is 0 Å². The summed E-state index contributed by atoms with van der Waals surface area (Å²) in [5.74, 6) is -61.8. The van der Waals surface area contributed by atoms with Crippen LogP contribution >= 0.6 is 11.6 Å². The third kappa shape index (κ3) is 4.67. The lowest BCUT2D eigenvalue weighted by Crippen LogP contribution is -2.75. The van der Waals surface area contributed by atoms with Gasteiger partial charge in [0.15, 0.2) is 5.78 Å². The highest BCUT2D eigenvalue weighted by Crippen LogP contribution is 2.64. The number of hydrogen-bond donors (Lipinski definition) is 1. The Labute approximate surface area is 198 Å². The fourth-order valence-electron chi connectivity index (χ4n) is 2.33. The van der Waals surface area contributed by atoms with Crippen molar-refractivity contribution in [2.24, 2.45) is 0 Å². The van der Waals surface area contributed by atoms with Crippen LogP contribution in [-0.4, -0.2) is 58.5 Å². The third-order valence-electron chi connectivity index (χ3n) is 4.53. The summed E-state index contributed by atoms with van der Waals surface area (Å²) >= 11 is 3.42. The first kappa shape index (κ1) is 32.6. The lowest BCUT2D eigenvalue weighted by Gasteiger charge is -2.42. The van der Waals surface area contributed by atoms with E-state index in [9.17, 15) is 79.8 Å². The van der Waals surface area contributed by atoms with E-state index in [1.807, 2.05) is 0 Å². The first-order valence-electron chi connectivity index (χ1n) is 8.69. The molecule has 0 atom stereocenters. The standard InChI is InChI=1S/C17H8ClF16NO2/c1-6(36)7-3-2-4-8(5-7)35-9(37)10(19,20)11(21,22)12(23,24)13(25,26)14(27,28)15(29,30)16(31,32)17(18,33)34/h2-5H,1H3,(H,35,37). The summed E-state index contributed by atoms with van der Waals surface area (Å²) in [6, 6.07) is 2.75. The van der Waals surface area contributed by atoms with Gasteiger partial charge in [0.25, 0.3) is 0 Å². The zero-order valence-electron chi connectivity index (χ0n) is 17.1. The molecule has 0 unspecified atom stereocenters. The van der Waals surface area contributed by atoms with Gasteiger partial charge in [-0.15, -0.1) is 0 Å². The van der Waals surface area contributed by atoms with Gasteiger partial charge >= 0.3 is 52.7 Å². The van der Waals surface area contributed by atoms with E-state index in [0.717, 1.165) is 24.4 Å². The Morgan fingerprint density at radius 3 is 1.41 bits per heavy atom. The molecule has 1 aromatic carbocycles. The van der Waals surface area contributed by atoms with E-state index in [4.69, 9.17) is 0 Å². The van der Waals surface area contributed by atoms with Gasteiger partial charge in [-0.1, -0.05) is 12.1 Å². The monoisotopic (exact) mass is 597 g/mol. The van der Waals surface area contributed by atoms with Gasteiger partial charge < -0.3 is 5.32 Å². The molecule has 0 saturated heterocycles. The fourth-order valence-corrected chi connectivity index (χ4v) is 2.45. The molecule has 1 rings (SSSR count). The van der Waals surface area contributed by atoms with Crippen LogP contribution in [0, 0.1) is 0 Å². The Kier molecular flexibility index (Phi) is 7.99. The third-order valence-corrected chi connectivity index (χ3v) is 4.77. The first-order chi connectivity index (χ1) is 16.1. The second-order valence-corrected chi connectivity index (χ2v) is 7.58. The average molecular weight is 598 g/mol. The number of amides is 1. The van der Waals surface area contributed by atoms with Crippen LogP contribution in [0.2, 0.25) is 0 Å². The summed E-state index contributed by atoms with van der Waals surface area (Å²) in [5, 5.41) is -6.13. The second kappa shape index (κ2) is 9.07. The molecule has 0 aromatic heterocycles. The van der Waals surface area contributed by atoms with Crippen LogP contribution in [0.15, 0.2) is 24.3 Å². The Balaban J connectivity index is 3.58. The number of Topliss-reactive ketones (excluding diaryl/α,β-unsaturated/α-hetero) is 1. The Morgan fingerprint density at radius 2 is 1.03 bits per heavy atom. The molecule has 3 nitrogen and oxygen atoms in total. The van der Waals surface area contributed by atoms with Crippen molar-refractivity contribution in [1.29, 1.82) is 0 Å². The molecule has 0 spiro atoms. The molecule has 37 heavy (non-hydrogen) atoms. The van der Waals surface area contributed by atoms with Gasteiger partial charge in [-0.3, -0.25) is 9.59 Å². The minimum atomic E-state index is -8.67. The summed E-state index contributed by atoms with van der Waals surface area (Å²) < 4.78 is 215. The molecule has 1 amide bonds. The molecular weight excluding hydrogens is 590 g/mol. The number of nitrogens with one attached hydrogen (secondary N) is 1. The van der Waals surface area contributed by atoms with Crippen molar-refractivity contribution in [3.63, 3.8) is 0 Å². The summed E-state index contributed by atoms with van der Waals surface area (Å²) in [5.41, 5.74) is -1.48. The van der Waals surface area contributed by atoms with E-state index in [1.165, 1.54) is 0 Å². The molecule has 0 bridgehead atoms. The van der Waals surface area contributed by atoms with Crippen LogP contribution in [0.5, 0.6) is 0 Å². The van der Waals surface area contributed by atoms with Gasteiger partial charge in [0.1, 0.15) is 0 Å². The molecular formula is C17H8ClF16NO2. The highest BCUT2D eigenvalue weighted by Gasteiger charge is 2.95. The van der Waals surface area contributed by atoms with Crippen molar-refractivity contribution < 1.29 is 79.8 Å². The number of benzene rings is 1. The van der Waals surface area contributed by atoms with Gasteiger partial charge in [0, 0.05) is 11.3 Å². The topological polar surface area (TPSA) is 46.2 Å². The molecule has 0 aliphatic carbocycles. The molecule has 0 heterocycles. The van der Waals surface area contributed by atoms with Gasteiger partial charge in [0.05, 0.1) is 0 Å². The Morgan fingerprint density at radius 1 is 0.649 bits per heavy atom. The number of hydrogen-bond acceptors (Lipinski definition) is 2. The maximum Gasteiger partial charge on any atom is 0.393 e. The van der Waals surface area contributed by atoms with Crippen LogP contribution in [0.4, 0.5) is 75.9 Å². The summed E-state index contributed by atoms with van der Waals surface area (Å²) in [7, 11) is 0. The first-order valence-corrected chi connectivity index (χ1v) is 9.07. The molecule has 20 heteroatoms. The molecule has 1 N–H and O–H groups in total. The molecule has 0 fully saturated rings. The number of rotatable bonds is 10. The van der Waals surface area contributed by atoms with E-state index in [1.54, 1.807) is 0 Å². The van der Waals surface area contributed by atoms with Crippen LogP contribution in [-0.2, 0) is 4.79 Å². The highest BCUT2D eigenvalue weighted by atomic mass is 35.5. The molecule has 1 aromatic rings. The maximum absolute atomic E-state index is 13.9. The van der Waals surface area contributed by atoms with Gasteiger partial charge in [-0.2, -0.15) is 70.2 Å². The van der Waals surface area contributed by atoms with Crippen LogP contribution < -0.4 is 5.32 Å². The molecule has 0 aliphatic heterocycles. The predicted octanol–water partition coefficient (Wildman–Crippen LogP) is 7.11. The Hall–Kier alpha value is -2.47. The number of anilines is 1. The summed E-state index contributed by atoms with van der Waals surface area (Å²) in [6.45, 7) is 0.853. The van der Waals surface area contributed by atoms with E-state index in [-0.39, 0.29) is 0 Å². The summed E-state index contributed by atoms with van der Waals surface area (Å²) in [6.07, 6.45) is 0. The van der Waals surface area contributed by atoms with Crippen LogP contribution in [0.25, 0.3) is 0 Å². The average Bonchev–Trinajstić information content (AvgIpc) is 2.72. The van der Waals surface area contributed by atoms with Crippen molar-refractivity contribution in [3.05, 3.63) is 29.8 Å². The molecule has 0 radical (unpaired) electrons. The maximum atomic E-state index is 13.9. The number of carbonyl (C=O) groups excluding carboxylic acids is 2. The van der Waals surface area contributed by atoms with Gasteiger partial charge in [-0.25, -0.2) is 0 Å². The minimum absolute atomic E-state index is 0.427. The molecule has 0 saturated carbocycles. The molecule has 212 valence electrons. The highest BCUT2D eigenvalue weighted by molar-refractivity contribution is 6.22. The smallest absolute Gasteiger partial charge is 0.321 e. The number of halogens is 17. The zero-order valence-corrected chi connectivity index (χ0v) is 17.8. The normalized spacial score (nSPS) is 15.0. The lowest BCUT2D eigenvalue weighted by atomic mass is 9.89. The van der Waals surface area contributed by atoms with Gasteiger partial charge in [-0.05, 0) is 30.7 Å². The van der Waals surface area contributed by atoms with Crippen LogP contribution in [0.1, 0.15) is 17.3 Å². The number of ketones is 1. The number of carbonyl (C=O) groups is 2. The SMILES string of the molecule is CC(=O)c1cccc(NC(=O)C(F)(F)C(F)(F)C(F)(F)C(F)(F)C(F)(F)C(F)(F)C(F)(F)C(F)(F)Cl)c1. The fraction of sp³-hybridized carbons (Fsp3) is 0.529. The van der Waals surface area contributed by atoms with E-state index >= 15 is 0 Å². The van der Waals surface area contributed by atoms with E-state index in [0.29, 0.717) is 12.1 Å². The van der Waals surface area contributed by atoms with E-state index in [2.05, 4.69) is 11.6 Å². The quantitative estimate of drug-likeness (QED) is 0.178. The minimum Gasteiger partial charge on any atom is -0.321 e. The van der Waals surface area contributed by atoms with Crippen molar-refractivity contribution in [2.75, 3.05) is 5.32 Å². The summed E-state index contributed by atoms with van der Waals surface area (Å²) in [4.78, 5) is 22.7. The number of alkyl halides is 17. The van der Waals surface area contributed by atoms with Gasteiger partial charge in [0.2, 0.25) is 0 Å². The lowest BCUT2D eigenvalue weighted by molar-refractivity contribution is -0.445. The molecule has 0 aliphatic rings. The van der Waals surface area contributed by atoms with Crippen molar-refractivity contribution >= 4 is 29.0 Å². The van der Waals surface area contributed by atoms with Crippen molar-refractivity contribution in [2.45, 2.75) is 53.8 Å². The largest absolute Gasteiger partial charge is 0.393 e. The predicted molar refractivity (Wildman–Crippen MR) is 90.5 cm³/mol. The van der Waals surface area contributed by atoms with Crippen molar-refractivity contribution in [3.8, 4) is 0 Å². The second-order valence-electron chi connectivity index (χ2n) is 7.11.